The molecule has 14 heteroatoms. The monoisotopic (exact) mass is 1320 g/mol. The minimum absolute atomic E-state index is 0.242. The number of aliphatic hydroxyl groups excluding tert-OH is 8. The molecule has 0 saturated carbocycles. The average molecular weight is 1320 g/mol. The van der Waals surface area contributed by atoms with Gasteiger partial charge in [0.15, 0.2) is 12.6 Å². The highest BCUT2D eigenvalue weighted by Crippen LogP contribution is 2.30. The van der Waals surface area contributed by atoms with Crippen molar-refractivity contribution in [3.63, 3.8) is 0 Å². The lowest BCUT2D eigenvalue weighted by Gasteiger charge is -2.46. The molecule has 2 rings (SSSR count). The molecule has 2 saturated heterocycles. The molecule has 2 heterocycles. The molecular formula is C79H149NO13. The van der Waals surface area contributed by atoms with Gasteiger partial charge in [0.1, 0.15) is 48.8 Å². The van der Waals surface area contributed by atoms with Crippen LogP contribution in [0.25, 0.3) is 0 Å². The second-order valence-corrected chi connectivity index (χ2v) is 28.2. The van der Waals surface area contributed by atoms with Crippen LogP contribution < -0.4 is 5.32 Å². The summed E-state index contributed by atoms with van der Waals surface area (Å²) in [6.07, 6.45) is 66.6. The van der Waals surface area contributed by atoms with Crippen LogP contribution in [0.4, 0.5) is 0 Å². The van der Waals surface area contributed by atoms with Crippen LogP contribution in [0.15, 0.2) is 36.5 Å². The van der Waals surface area contributed by atoms with Crippen LogP contribution in [0, 0.1) is 0 Å². The summed E-state index contributed by atoms with van der Waals surface area (Å²) in [6, 6.07) is -0.932. The van der Waals surface area contributed by atoms with Gasteiger partial charge in [0.25, 0.3) is 0 Å². The molecule has 2 aliphatic rings. The Morgan fingerprint density at radius 1 is 0.376 bits per heavy atom. The van der Waals surface area contributed by atoms with Crippen LogP contribution in [0.3, 0.4) is 0 Å². The number of carbonyl (C=O) groups is 1. The van der Waals surface area contributed by atoms with E-state index in [9.17, 15) is 45.6 Å². The van der Waals surface area contributed by atoms with Crippen molar-refractivity contribution in [1.82, 2.24) is 5.32 Å². The molecule has 9 N–H and O–H groups in total. The molecule has 0 aliphatic carbocycles. The summed E-state index contributed by atoms with van der Waals surface area (Å²) in [5.74, 6) is -0.242. The van der Waals surface area contributed by atoms with Gasteiger partial charge < -0.3 is 65.1 Å². The van der Waals surface area contributed by atoms with Gasteiger partial charge >= 0.3 is 0 Å². The van der Waals surface area contributed by atoms with E-state index in [-0.39, 0.29) is 18.9 Å². The highest BCUT2D eigenvalue weighted by atomic mass is 16.7. The third kappa shape index (κ3) is 47.0. The van der Waals surface area contributed by atoms with E-state index in [0.29, 0.717) is 12.8 Å². The standard InChI is InChI=1S/C79H149NO13/c1-3-5-7-9-11-13-15-17-19-21-23-25-27-29-31-33-35-36-38-40-42-44-46-48-50-52-54-56-58-60-62-68(83)67(66-90-78-76(89)74(87)77(70(65-82)92-78)93-79-75(88)73(86)72(85)69(64-81)91-79)80-71(84)63-61-59-57-55-53-51-49-47-45-43-41-39-37-34-32-30-28-26-24-22-20-18-16-14-12-10-8-6-4-2/h22,24,52,54,60,62,67-70,72-79,81-83,85-89H,3-21,23,25-51,53,55-59,61,63-66H2,1-2H3,(H,80,84)/b24-22-,54-52+,62-60+. The highest BCUT2D eigenvalue weighted by molar-refractivity contribution is 5.76. The first-order valence-electron chi connectivity index (χ1n) is 39.7. The molecule has 0 aromatic heterocycles. The molecule has 2 aliphatic heterocycles. The Morgan fingerprint density at radius 2 is 0.688 bits per heavy atom. The molecule has 93 heavy (non-hydrogen) atoms. The summed E-state index contributed by atoms with van der Waals surface area (Å²) in [7, 11) is 0. The largest absolute Gasteiger partial charge is 0.394 e. The zero-order valence-electron chi connectivity index (χ0n) is 60.0. The zero-order chi connectivity index (χ0) is 67.3. The fraction of sp³-hybridized carbons (Fsp3) is 0.911. The van der Waals surface area contributed by atoms with Gasteiger partial charge in [-0.25, -0.2) is 0 Å². The highest BCUT2D eigenvalue weighted by Gasteiger charge is 2.51. The molecule has 1 amide bonds. The molecule has 2 fully saturated rings. The van der Waals surface area contributed by atoms with Gasteiger partial charge in [-0.15, -0.1) is 0 Å². The Kier molecular flexibility index (Phi) is 59.7. The van der Waals surface area contributed by atoms with Crippen LogP contribution >= 0.6 is 0 Å². The topological polar surface area (TPSA) is 228 Å². The number of aliphatic hydroxyl groups is 8. The van der Waals surface area contributed by atoms with Gasteiger partial charge in [-0.1, -0.05) is 339 Å². The number of rotatable bonds is 67. The van der Waals surface area contributed by atoms with Crippen molar-refractivity contribution >= 4 is 5.91 Å². The first kappa shape index (κ1) is 87.3. The molecule has 14 nitrogen and oxygen atoms in total. The lowest BCUT2D eigenvalue weighted by molar-refractivity contribution is -0.359. The van der Waals surface area contributed by atoms with Crippen molar-refractivity contribution in [3.05, 3.63) is 36.5 Å². The second kappa shape index (κ2) is 63.6. The normalized spacial score (nSPS) is 22.7. The first-order valence-corrected chi connectivity index (χ1v) is 39.7. The summed E-state index contributed by atoms with van der Waals surface area (Å²) in [5.41, 5.74) is 0. The predicted octanol–water partition coefficient (Wildman–Crippen LogP) is 17.6. The summed E-state index contributed by atoms with van der Waals surface area (Å²) in [6.45, 7) is 2.85. The van der Waals surface area contributed by atoms with E-state index in [1.807, 2.05) is 6.08 Å². The van der Waals surface area contributed by atoms with E-state index in [2.05, 4.69) is 43.5 Å². The number of ether oxygens (including phenoxy) is 4. The van der Waals surface area contributed by atoms with Gasteiger partial charge in [0, 0.05) is 6.42 Å². The van der Waals surface area contributed by atoms with Crippen molar-refractivity contribution in [2.45, 2.75) is 441 Å². The van der Waals surface area contributed by atoms with Crippen molar-refractivity contribution in [1.29, 1.82) is 0 Å². The maximum absolute atomic E-state index is 13.4. The molecule has 12 unspecified atom stereocenters. The van der Waals surface area contributed by atoms with E-state index in [1.54, 1.807) is 6.08 Å². The van der Waals surface area contributed by atoms with Crippen LogP contribution in [0.5, 0.6) is 0 Å². The first-order chi connectivity index (χ1) is 45.6. The maximum Gasteiger partial charge on any atom is 0.220 e. The van der Waals surface area contributed by atoms with Crippen LogP contribution in [0.2, 0.25) is 0 Å². The molecule has 0 radical (unpaired) electrons. The lowest BCUT2D eigenvalue weighted by atomic mass is 9.97. The van der Waals surface area contributed by atoms with Crippen molar-refractivity contribution in [3.8, 4) is 0 Å². The SMILES string of the molecule is CCCCCCCCCC/C=C\CCCCCCCCCCCCCCCCCCCC(=O)NC(COC1OC(CO)C(OC2OC(CO)C(O)C(O)C2O)C(O)C1O)C(O)/C=C/CC/C=C/CCCCCCCCCCCCCCCCCCCCCCCCCC. The van der Waals surface area contributed by atoms with Gasteiger partial charge in [-0.2, -0.15) is 0 Å². The molecule has 548 valence electrons. The number of hydrogen-bond donors (Lipinski definition) is 9. The smallest absolute Gasteiger partial charge is 0.220 e. The van der Waals surface area contributed by atoms with Crippen LogP contribution in [-0.4, -0.2) is 140 Å². The summed E-state index contributed by atoms with van der Waals surface area (Å²) >= 11 is 0. The van der Waals surface area contributed by atoms with E-state index >= 15 is 0 Å². The van der Waals surface area contributed by atoms with Crippen LogP contribution in [-0.2, 0) is 23.7 Å². The Hall–Kier alpha value is -1.79. The Balaban J connectivity index is 1.64. The number of unbranched alkanes of at least 4 members (excludes halogenated alkanes) is 50. The summed E-state index contributed by atoms with van der Waals surface area (Å²) < 4.78 is 22.9. The Morgan fingerprint density at radius 3 is 1.05 bits per heavy atom. The number of amides is 1. The van der Waals surface area contributed by atoms with E-state index < -0.39 is 86.8 Å². The fourth-order valence-corrected chi connectivity index (χ4v) is 13.2. The second-order valence-electron chi connectivity index (χ2n) is 28.2. The molecule has 0 aromatic carbocycles. The van der Waals surface area contributed by atoms with E-state index in [4.69, 9.17) is 18.9 Å². The third-order valence-corrected chi connectivity index (χ3v) is 19.5. The average Bonchev–Trinajstić information content (AvgIpc) is 0.854. The van der Waals surface area contributed by atoms with Gasteiger partial charge in [0.05, 0.1) is 32.0 Å². The lowest BCUT2D eigenvalue weighted by Crippen LogP contribution is -2.65. The number of allylic oxidation sites excluding steroid dienone is 5. The minimum Gasteiger partial charge on any atom is -0.394 e. The van der Waals surface area contributed by atoms with E-state index in [1.165, 1.54) is 302 Å². The van der Waals surface area contributed by atoms with Gasteiger partial charge in [-0.3, -0.25) is 4.79 Å². The van der Waals surface area contributed by atoms with Crippen molar-refractivity contribution in [2.24, 2.45) is 0 Å². The Bertz CT molecular complexity index is 1700. The van der Waals surface area contributed by atoms with E-state index in [0.717, 1.165) is 32.1 Å². The number of nitrogens with one attached hydrogen (secondary N) is 1. The van der Waals surface area contributed by atoms with Crippen molar-refractivity contribution in [2.75, 3.05) is 19.8 Å². The molecule has 0 bridgehead atoms. The third-order valence-electron chi connectivity index (χ3n) is 19.5. The van der Waals surface area contributed by atoms with Crippen LogP contribution in [0.1, 0.15) is 367 Å². The zero-order valence-corrected chi connectivity index (χ0v) is 60.0. The molecule has 0 aromatic rings. The van der Waals surface area contributed by atoms with Gasteiger partial charge in [0.2, 0.25) is 5.91 Å². The maximum atomic E-state index is 13.4. The Labute approximate surface area is 570 Å². The predicted molar refractivity (Wildman–Crippen MR) is 383 cm³/mol. The van der Waals surface area contributed by atoms with Crippen molar-refractivity contribution < 1.29 is 64.6 Å². The number of carbonyl (C=O) groups excluding carboxylic acids is 1. The van der Waals surface area contributed by atoms with Gasteiger partial charge in [-0.05, 0) is 57.8 Å². The summed E-state index contributed by atoms with van der Waals surface area (Å²) in [4.78, 5) is 13.4. The molecule has 0 spiro atoms. The molecular weight excluding hydrogens is 1170 g/mol. The number of hydrogen-bond acceptors (Lipinski definition) is 13. The molecule has 12 atom stereocenters. The fourth-order valence-electron chi connectivity index (χ4n) is 13.2. The summed E-state index contributed by atoms with van der Waals surface area (Å²) in [5, 5.41) is 87.6. The quantitative estimate of drug-likeness (QED) is 0.0204. The minimum atomic E-state index is -1.79.